The molecule has 0 aromatic heterocycles. The van der Waals surface area contributed by atoms with Crippen molar-refractivity contribution in [3.05, 3.63) is 28.2 Å². The Hall–Kier alpha value is -1.03. The highest BCUT2D eigenvalue weighted by Crippen LogP contribution is 2.22. The van der Waals surface area contributed by atoms with Gasteiger partial charge in [-0.2, -0.15) is 0 Å². The van der Waals surface area contributed by atoms with Crippen LogP contribution in [0.5, 0.6) is 0 Å². The zero-order chi connectivity index (χ0) is 11.5. The van der Waals surface area contributed by atoms with Gasteiger partial charge in [0.05, 0.1) is 5.56 Å². The summed E-state index contributed by atoms with van der Waals surface area (Å²) in [6.07, 6.45) is 4.60. The van der Waals surface area contributed by atoms with Crippen LogP contribution in [0.4, 0.5) is 5.69 Å². The second kappa shape index (κ2) is 4.87. The van der Waals surface area contributed by atoms with Gasteiger partial charge in [0, 0.05) is 16.2 Å². The smallest absolute Gasteiger partial charge is 0.252 e. The van der Waals surface area contributed by atoms with Gasteiger partial charge < -0.3 is 11.1 Å². The van der Waals surface area contributed by atoms with Crippen LogP contribution < -0.4 is 11.1 Å². The van der Waals surface area contributed by atoms with E-state index in [1.807, 2.05) is 0 Å². The van der Waals surface area contributed by atoms with E-state index in [-0.39, 0.29) is 5.91 Å². The summed E-state index contributed by atoms with van der Waals surface area (Å²) in [4.78, 5) is 12.0. The van der Waals surface area contributed by atoms with E-state index in [9.17, 15) is 4.79 Å². The molecule has 1 aromatic carbocycles. The summed E-state index contributed by atoms with van der Waals surface area (Å²) in [5.74, 6) is -0.0360. The number of nitrogens with two attached hydrogens (primary N) is 1. The summed E-state index contributed by atoms with van der Waals surface area (Å²) in [6, 6.07) is 5.62. The number of anilines is 1. The van der Waals surface area contributed by atoms with Crippen LogP contribution in [-0.2, 0) is 0 Å². The van der Waals surface area contributed by atoms with Crippen LogP contribution >= 0.6 is 15.9 Å². The summed E-state index contributed by atoms with van der Waals surface area (Å²) < 4.78 is 0.789. The van der Waals surface area contributed by atoms with Crippen molar-refractivity contribution in [2.24, 2.45) is 0 Å². The van der Waals surface area contributed by atoms with Gasteiger partial charge in [0.1, 0.15) is 0 Å². The monoisotopic (exact) mass is 282 g/mol. The largest absolute Gasteiger partial charge is 0.399 e. The lowest BCUT2D eigenvalue weighted by Gasteiger charge is -2.13. The molecule has 0 saturated heterocycles. The van der Waals surface area contributed by atoms with E-state index < -0.39 is 0 Å². The fourth-order valence-electron chi connectivity index (χ4n) is 2.05. The molecule has 4 heteroatoms. The van der Waals surface area contributed by atoms with Crippen molar-refractivity contribution in [3.8, 4) is 0 Å². The van der Waals surface area contributed by atoms with Crippen molar-refractivity contribution in [3.63, 3.8) is 0 Å². The Morgan fingerprint density at radius 1 is 1.38 bits per heavy atom. The van der Waals surface area contributed by atoms with Crippen molar-refractivity contribution in [2.45, 2.75) is 31.7 Å². The summed E-state index contributed by atoms with van der Waals surface area (Å²) in [5, 5.41) is 3.04. The third kappa shape index (κ3) is 2.55. The number of carbonyl (C=O) groups is 1. The molecule has 1 fully saturated rings. The second-order valence-corrected chi connectivity index (χ2v) is 5.05. The zero-order valence-electron chi connectivity index (χ0n) is 9.00. The van der Waals surface area contributed by atoms with Crippen molar-refractivity contribution in [1.82, 2.24) is 5.32 Å². The van der Waals surface area contributed by atoms with Gasteiger partial charge in [-0.25, -0.2) is 0 Å². The van der Waals surface area contributed by atoms with Crippen LogP contribution in [0.15, 0.2) is 22.7 Å². The highest BCUT2D eigenvalue weighted by Gasteiger charge is 2.19. The number of nitrogen functional groups attached to an aromatic ring is 1. The molecular formula is C12H15BrN2O. The minimum absolute atomic E-state index is 0.0360. The number of carbonyl (C=O) groups excluding carboxylic acids is 1. The number of nitrogens with one attached hydrogen (secondary N) is 1. The van der Waals surface area contributed by atoms with Gasteiger partial charge in [-0.1, -0.05) is 12.8 Å². The molecular weight excluding hydrogens is 268 g/mol. The Bertz CT molecular complexity index is 400. The highest BCUT2D eigenvalue weighted by molar-refractivity contribution is 9.10. The number of halogens is 1. The minimum atomic E-state index is -0.0360. The molecule has 0 spiro atoms. The lowest BCUT2D eigenvalue weighted by molar-refractivity contribution is 0.0937. The van der Waals surface area contributed by atoms with Gasteiger partial charge in [0.25, 0.3) is 5.91 Å². The number of hydrogen-bond acceptors (Lipinski definition) is 2. The molecule has 1 aromatic rings. The van der Waals surface area contributed by atoms with Crippen LogP contribution in [-0.4, -0.2) is 11.9 Å². The summed E-state index contributed by atoms with van der Waals surface area (Å²) in [7, 11) is 0. The lowest BCUT2D eigenvalue weighted by Crippen LogP contribution is -2.32. The Labute approximate surface area is 104 Å². The van der Waals surface area contributed by atoms with Crippen molar-refractivity contribution >= 4 is 27.5 Å². The molecule has 16 heavy (non-hydrogen) atoms. The maximum atomic E-state index is 12.0. The molecule has 0 aliphatic heterocycles. The number of hydrogen-bond donors (Lipinski definition) is 2. The summed E-state index contributed by atoms with van der Waals surface area (Å²) in [5.41, 5.74) is 6.90. The van der Waals surface area contributed by atoms with E-state index in [4.69, 9.17) is 5.73 Å². The summed E-state index contributed by atoms with van der Waals surface area (Å²) >= 11 is 3.36. The first-order valence-corrected chi connectivity index (χ1v) is 6.32. The van der Waals surface area contributed by atoms with E-state index >= 15 is 0 Å². The Kier molecular flexibility index (Phi) is 3.49. The lowest BCUT2D eigenvalue weighted by atomic mass is 10.1. The standard InChI is InChI=1S/C12H15BrN2O/c13-11-6-5-8(14)7-10(11)12(16)15-9-3-1-2-4-9/h5-7,9H,1-4,14H2,(H,15,16). The van der Waals surface area contributed by atoms with Gasteiger partial charge in [0.2, 0.25) is 0 Å². The Morgan fingerprint density at radius 2 is 2.06 bits per heavy atom. The molecule has 2 rings (SSSR count). The average Bonchev–Trinajstić information content (AvgIpc) is 2.74. The van der Waals surface area contributed by atoms with Gasteiger partial charge >= 0.3 is 0 Å². The molecule has 1 amide bonds. The fraction of sp³-hybridized carbons (Fsp3) is 0.417. The zero-order valence-corrected chi connectivity index (χ0v) is 10.6. The predicted octanol–water partition coefficient (Wildman–Crippen LogP) is 2.70. The predicted molar refractivity (Wildman–Crippen MR) is 68.3 cm³/mol. The first-order chi connectivity index (χ1) is 7.66. The first kappa shape index (κ1) is 11.5. The van der Waals surface area contributed by atoms with Crippen molar-refractivity contribution in [1.29, 1.82) is 0 Å². The molecule has 1 aliphatic rings. The molecule has 0 unspecified atom stereocenters. The molecule has 3 nitrogen and oxygen atoms in total. The molecule has 3 N–H and O–H groups in total. The van der Waals surface area contributed by atoms with Crippen LogP contribution in [0, 0.1) is 0 Å². The SMILES string of the molecule is Nc1ccc(Br)c(C(=O)NC2CCCC2)c1. The van der Waals surface area contributed by atoms with E-state index in [0.29, 0.717) is 17.3 Å². The topological polar surface area (TPSA) is 55.1 Å². The van der Waals surface area contributed by atoms with Crippen molar-refractivity contribution < 1.29 is 4.79 Å². The first-order valence-electron chi connectivity index (χ1n) is 5.52. The molecule has 0 atom stereocenters. The third-order valence-corrected chi connectivity index (χ3v) is 3.62. The van der Waals surface area contributed by atoms with Crippen LogP contribution in [0.3, 0.4) is 0 Å². The maximum Gasteiger partial charge on any atom is 0.252 e. The van der Waals surface area contributed by atoms with Crippen molar-refractivity contribution in [2.75, 3.05) is 5.73 Å². The Morgan fingerprint density at radius 3 is 2.75 bits per heavy atom. The second-order valence-electron chi connectivity index (χ2n) is 4.19. The van der Waals surface area contributed by atoms with Gasteiger partial charge in [0.15, 0.2) is 0 Å². The highest BCUT2D eigenvalue weighted by atomic mass is 79.9. The summed E-state index contributed by atoms with van der Waals surface area (Å²) in [6.45, 7) is 0. The number of rotatable bonds is 2. The van der Waals surface area contributed by atoms with E-state index in [1.165, 1.54) is 12.8 Å². The minimum Gasteiger partial charge on any atom is -0.399 e. The Balaban J connectivity index is 2.10. The number of amides is 1. The average molecular weight is 283 g/mol. The van der Waals surface area contributed by atoms with Gasteiger partial charge in [-0.15, -0.1) is 0 Å². The normalized spacial score (nSPS) is 16.3. The molecule has 1 aliphatic carbocycles. The molecule has 0 bridgehead atoms. The third-order valence-electron chi connectivity index (χ3n) is 2.93. The molecule has 0 heterocycles. The van der Waals surface area contributed by atoms with Crippen LogP contribution in [0.1, 0.15) is 36.0 Å². The molecule has 1 saturated carbocycles. The van der Waals surface area contributed by atoms with E-state index in [2.05, 4.69) is 21.2 Å². The maximum absolute atomic E-state index is 12.0. The van der Waals surface area contributed by atoms with Gasteiger partial charge in [-0.05, 0) is 47.0 Å². The fourth-order valence-corrected chi connectivity index (χ4v) is 2.48. The molecule has 0 radical (unpaired) electrons. The van der Waals surface area contributed by atoms with E-state index in [1.54, 1.807) is 18.2 Å². The number of benzene rings is 1. The van der Waals surface area contributed by atoms with Crippen LogP contribution in [0.25, 0.3) is 0 Å². The van der Waals surface area contributed by atoms with Crippen LogP contribution in [0.2, 0.25) is 0 Å². The molecule has 86 valence electrons. The van der Waals surface area contributed by atoms with Gasteiger partial charge in [-0.3, -0.25) is 4.79 Å². The quantitative estimate of drug-likeness (QED) is 0.820. The van der Waals surface area contributed by atoms with E-state index in [0.717, 1.165) is 17.3 Å².